The van der Waals surface area contributed by atoms with E-state index in [1.165, 1.54) is 11.0 Å². The van der Waals surface area contributed by atoms with Crippen molar-refractivity contribution in [3.05, 3.63) is 63.6 Å². The summed E-state index contributed by atoms with van der Waals surface area (Å²) in [5.74, 6) is 0.370. The summed E-state index contributed by atoms with van der Waals surface area (Å²) in [6.45, 7) is 3.47. The zero-order valence-corrected chi connectivity index (χ0v) is 12.1. The Balaban J connectivity index is 2.27. The Bertz CT molecular complexity index is 664. The molecule has 6 nitrogen and oxygen atoms in total. The first-order valence-electron chi connectivity index (χ1n) is 6.47. The first-order chi connectivity index (χ1) is 9.91. The molecule has 0 aliphatic rings. The predicted octanol–water partition coefficient (Wildman–Crippen LogP) is 3.33. The molecule has 110 valence electrons. The van der Waals surface area contributed by atoms with Gasteiger partial charge in [0.05, 0.1) is 17.2 Å². The fourth-order valence-corrected chi connectivity index (χ4v) is 2.04. The lowest BCUT2D eigenvalue weighted by molar-refractivity contribution is -0.385. The lowest BCUT2D eigenvalue weighted by Gasteiger charge is -2.23. The zero-order chi connectivity index (χ0) is 15.6. The number of nitro groups is 1. The SMILES string of the molecule is Cc1ccc(C(=O)N(C)C(C)c2ccco2)cc1[N+](=O)[O-]. The summed E-state index contributed by atoms with van der Waals surface area (Å²) in [6.07, 6.45) is 1.54. The van der Waals surface area contributed by atoms with Crippen molar-refractivity contribution in [2.24, 2.45) is 0 Å². The summed E-state index contributed by atoms with van der Waals surface area (Å²) in [4.78, 5) is 24.4. The van der Waals surface area contributed by atoms with Crippen LogP contribution in [-0.4, -0.2) is 22.8 Å². The quantitative estimate of drug-likeness (QED) is 0.638. The molecule has 0 saturated carbocycles. The summed E-state index contributed by atoms with van der Waals surface area (Å²) < 4.78 is 5.28. The van der Waals surface area contributed by atoms with Crippen LogP contribution in [0.4, 0.5) is 5.69 Å². The van der Waals surface area contributed by atoms with Gasteiger partial charge >= 0.3 is 0 Å². The van der Waals surface area contributed by atoms with Crippen LogP contribution in [-0.2, 0) is 0 Å². The van der Waals surface area contributed by atoms with E-state index >= 15 is 0 Å². The number of nitrogens with zero attached hydrogens (tertiary/aromatic N) is 2. The van der Waals surface area contributed by atoms with E-state index in [4.69, 9.17) is 4.42 Å². The molecule has 2 aromatic rings. The average molecular weight is 288 g/mol. The molecule has 0 spiro atoms. The monoisotopic (exact) mass is 288 g/mol. The van der Waals surface area contributed by atoms with E-state index in [0.29, 0.717) is 11.3 Å². The summed E-state index contributed by atoms with van der Waals surface area (Å²) in [5, 5.41) is 11.0. The van der Waals surface area contributed by atoms with E-state index in [2.05, 4.69) is 0 Å². The fourth-order valence-electron chi connectivity index (χ4n) is 2.04. The largest absolute Gasteiger partial charge is 0.467 e. The van der Waals surface area contributed by atoms with Crippen LogP contribution in [0.1, 0.15) is 34.6 Å². The predicted molar refractivity (Wildman–Crippen MR) is 77.0 cm³/mol. The van der Waals surface area contributed by atoms with Crippen molar-refractivity contribution in [1.29, 1.82) is 0 Å². The molecular formula is C15H16N2O4. The number of benzene rings is 1. The highest BCUT2D eigenvalue weighted by atomic mass is 16.6. The molecule has 1 aromatic carbocycles. The molecule has 0 fully saturated rings. The smallest absolute Gasteiger partial charge is 0.273 e. The van der Waals surface area contributed by atoms with Crippen LogP contribution >= 0.6 is 0 Å². The number of carbonyl (C=O) groups excluding carboxylic acids is 1. The Morgan fingerprint density at radius 1 is 1.38 bits per heavy atom. The highest BCUT2D eigenvalue weighted by Crippen LogP contribution is 2.24. The van der Waals surface area contributed by atoms with Crippen molar-refractivity contribution in [3.63, 3.8) is 0 Å². The third-order valence-corrected chi connectivity index (χ3v) is 3.51. The van der Waals surface area contributed by atoms with Crippen LogP contribution in [0.5, 0.6) is 0 Å². The fraction of sp³-hybridized carbons (Fsp3) is 0.267. The minimum atomic E-state index is -0.484. The highest BCUT2D eigenvalue weighted by molar-refractivity contribution is 5.95. The van der Waals surface area contributed by atoms with Gasteiger partial charge in [0.1, 0.15) is 5.76 Å². The van der Waals surface area contributed by atoms with Gasteiger partial charge in [0.25, 0.3) is 11.6 Å². The second-order valence-corrected chi connectivity index (χ2v) is 4.87. The molecule has 1 aromatic heterocycles. The van der Waals surface area contributed by atoms with E-state index in [9.17, 15) is 14.9 Å². The number of furan rings is 1. The van der Waals surface area contributed by atoms with Gasteiger partial charge in [0, 0.05) is 24.2 Å². The molecule has 1 unspecified atom stereocenters. The van der Waals surface area contributed by atoms with Crippen molar-refractivity contribution in [2.75, 3.05) is 7.05 Å². The zero-order valence-electron chi connectivity index (χ0n) is 12.1. The third kappa shape index (κ3) is 2.94. The Morgan fingerprint density at radius 2 is 2.10 bits per heavy atom. The number of rotatable bonds is 4. The van der Waals surface area contributed by atoms with Crippen LogP contribution in [0, 0.1) is 17.0 Å². The first-order valence-corrected chi connectivity index (χ1v) is 6.47. The summed E-state index contributed by atoms with van der Waals surface area (Å²) in [7, 11) is 1.64. The molecule has 0 radical (unpaired) electrons. The van der Waals surface area contributed by atoms with Gasteiger partial charge in [-0.3, -0.25) is 14.9 Å². The standard InChI is InChI=1S/C15H16N2O4/c1-10-6-7-12(9-13(10)17(19)20)15(18)16(3)11(2)14-5-4-8-21-14/h4-9,11H,1-3H3. The molecule has 1 atom stereocenters. The molecule has 6 heteroatoms. The number of hydrogen-bond acceptors (Lipinski definition) is 4. The topological polar surface area (TPSA) is 76.6 Å². The molecule has 21 heavy (non-hydrogen) atoms. The van der Waals surface area contributed by atoms with E-state index in [-0.39, 0.29) is 23.2 Å². The number of nitro benzene ring substituents is 1. The molecule has 0 aliphatic carbocycles. The van der Waals surface area contributed by atoms with Crippen molar-refractivity contribution in [2.45, 2.75) is 19.9 Å². The van der Waals surface area contributed by atoms with Crippen LogP contribution in [0.3, 0.4) is 0 Å². The van der Waals surface area contributed by atoms with Crippen LogP contribution < -0.4 is 0 Å². The van der Waals surface area contributed by atoms with Gasteiger partial charge in [-0.2, -0.15) is 0 Å². The lowest BCUT2D eigenvalue weighted by Crippen LogP contribution is -2.29. The van der Waals surface area contributed by atoms with Crippen molar-refractivity contribution in [1.82, 2.24) is 4.90 Å². The number of amides is 1. The molecule has 0 N–H and O–H groups in total. The third-order valence-electron chi connectivity index (χ3n) is 3.51. The Morgan fingerprint density at radius 3 is 2.67 bits per heavy atom. The van der Waals surface area contributed by atoms with Gasteiger partial charge < -0.3 is 9.32 Å². The lowest BCUT2D eigenvalue weighted by atomic mass is 10.1. The normalized spacial score (nSPS) is 12.0. The summed E-state index contributed by atoms with van der Waals surface area (Å²) in [5.41, 5.74) is 0.756. The van der Waals surface area contributed by atoms with Crippen molar-refractivity contribution < 1.29 is 14.1 Å². The summed E-state index contributed by atoms with van der Waals surface area (Å²) in [6, 6.07) is 7.76. The van der Waals surface area contributed by atoms with E-state index < -0.39 is 4.92 Å². The maximum absolute atomic E-state index is 12.4. The maximum atomic E-state index is 12.4. The van der Waals surface area contributed by atoms with Crippen LogP contribution in [0.25, 0.3) is 0 Å². The second-order valence-electron chi connectivity index (χ2n) is 4.87. The maximum Gasteiger partial charge on any atom is 0.273 e. The van der Waals surface area contributed by atoms with Crippen LogP contribution in [0.2, 0.25) is 0 Å². The Labute approximate surface area is 122 Å². The molecular weight excluding hydrogens is 272 g/mol. The van der Waals surface area contributed by atoms with Gasteiger partial charge in [-0.05, 0) is 32.0 Å². The van der Waals surface area contributed by atoms with Gasteiger partial charge in [0.2, 0.25) is 0 Å². The van der Waals surface area contributed by atoms with Gasteiger partial charge in [-0.25, -0.2) is 0 Å². The Hall–Kier alpha value is -2.63. The van der Waals surface area contributed by atoms with E-state index in [1.54, 1.807) is 44.5 Å². The molecule has 0 bridgehead atoms. The van der Waals surface area contributed by atoms with Gasteiger partial charge in [0.15, 0.2) is 0 Å². The number of hydrogen-bond donors (Lipinski definition) is 0. The van der Waals surface area contributed by atoms with E-state index in [0.717, 1.165) is 0 Å². The average Bonchev–Trinajstić information content (AvgIpc) is 2.99. The van der Waals surface area contributed by atoms with E-state index in [1.807, 2.05) is 6.92 Å². The first kappa shape index (κ1) is 14.8. The molecule has 1 amide bonds. The van der Waals surface area contributed by atoms with Crippen molar-refractivity contribution in [3.8, 4) is 0 Å². The van der Waals surface area contributed by atoms with Crippen LogP contribution in [0.15, 0.2) is 41.0 Å². The minimum absolute atomic E-state index is 0.0556. The molecule has 1 heterocycles. The van der Waals surface area contributed by atoms with Gasteiger partial charge in [-0.15, -0.1) is 0 Å². The number of aryl methyl sites for hydroxylation is 1. The van der Waals surface area contributed by atoms with Gasteiger partial charge in [-0.1, -0.05) is 6.07 Å². The minimum Gasteiger partial charge on any atom is -0.467 e. The second kappa shape index (κ2) is 5.78. The highest BCUT2D eigenvalue weighted by Gasteiger charge is 2.22. The number of carbonyl (C=O) groups is 1. The Kier molecular flexibility index (Phi) is 4.07. The van der Waals surface area contributed by atoms with Crippen molar-refractivity contribution >= 4 is 11.6 Å². The summed E-state index contributed by atoms with van der Waals surface area (Å²) >= 11 is 0. The molecule has 0 saturated heterocycles. The molecule has 0 aliphatic heterocycles. The molecule has 2 rings (SSSR count).